The van der Waals surface area contributed by atoms with E-state index in [1.54, 1.807) is 5.57 Å². The van der Waals surface area contributed by atoms with E-state index in [1.807, 2.05) is 0 Å². The van der Waals surface area contributed by atoms with Gasteiger partial charge in [0.05, 0.1) is 0 Å². The van der Waals surface area contributed by atoms with Gasteiger partial charge in [-0.15, -0.1) is 0 Å². The molecule has 0 heterocycles. The molecule has 0 aromatic rings. The maximum absolute atomic E-state index is 4.26. The van der Waals surface area contributed by atoms with E-state index in [-0.39, 0.29) is 0 Å². The van der Waals surface area contributed by atoms with E-state index < -0.39 is 0 Å². The molecule has 2 aliphatic rings. The van der Waals surface area contributed by atoms with Crippen molar-refractivity contribution >= 4 is 0 Å². The number of rotatable bonds is 1. The zero-order valence-electron chi connectivity index (χ0n) is 9.05. The summed E-state index contributed by atoms with van der Waals surface area (Å²) in [7, 11) is 0. The van der Waals surface area contributed by atoms with Crippen LogP contribution in [0, 0.1) is 23.7 Å². The van der Waals surface area contributed by atoms with E-state index in [1.165, 1.54) is 32.1 Å². The summed E-state index contributed by atoms with van der Waals surface area (Å²) in [4.78, 5) is 0. The summed E-state index contributed by atoms with van der Waals surface area (Å²) >= 11 is 0. The lowest BCUT2D eigenvalue weighted by atomic mass is 9.67. The molecule has 0 amide bonds. The van der Waals surface area contributed by atoms with Gasteiger partial charge in [-0.3, -0.25) is 0 Å². The van der Waals surface area contributed by atoms with Crippen molar-refractivity contribution in [2.75, 3.05) is 0 Å². The van der Waals surface area contributed by atoms with Gasteiger partial charge in [-0.25, -0.2) is 0 Å². The van der Waals surface area contributed by atoms with E-state index in [9.17, 15) is 0 Å². The molecule has 4 atom stereocenters. The Morgan fingerprint density at radius 1 is 1.31 bits per heavy atom. The molecule has 0 radical (unpaired) electrons. The third kappa shape index (κ3) is 1.45. The molecule has 4 unspecified atom stereocenters. The average molecular weight is 178 g/mol. The van der Waals surface area contributed by atoms with Crippen LogP contribution in [-0.2, 0) is 0 Å². The van der Waals surface area contributed by atoms with Crippen LogP contribution in [0.1, 0.15) is 46.0 Å². The van der Waals surface area contributed by atoms with E-state index in [0.29, 0.717) is 0 Å². The molecule has 0 bridgehead atoms. The first kappa shape index (κ1) is 9.30. The van der Waals surface area contributed by atoms with E-state index >= 15 is 0 Å². The predicted octanol–water partition coefficient (Wildman–Crippen LogP) is 4.02. The Hall–Kier alpha value is -0.260. The van der Waals surface area contributed by atoms with Crippen LogP contribution in [0.5, 0.6) is 0 Å². The molecule has 2 fully saturated rings. The smallest absolute Gasteiger partial charge is 0.0149 e. The van der Waals surface area contributed by atoms with Crippen LogP contribution in [0.2, 0.25) is 0 Å². The molecule has 0 spiro atoms. The van der Waals surface area contributed by atoms with Crippen LogP contribution >= 0.6 is 0 Å². The van der Waals surface area contributed by atoms with Crippen LogP contribution in [0.3, 0.4) is 0 Å². The Morgan fingerprint density at radius 3 is 2.77 bits per heavy atom. The molecule has 0 nitrogen and oxygen atoms in total. The fourth-order valence-corrected chi connectivity index (χ4v) is 3.74. The highest BCUT2D eigenvalue weighted by Crippen LogP contribution is 2.50. The van der Waals surface area contributed by atoms with Crippen LogP contribution < -0.4 is 0 Å². The second-order valence-corrected chi connectivity index (χ2v) is 5.09. The Balaban J connectivity index is 2.12. The minimum atomic E-state index is 0.888. The maximum atomic E-state index is 4.26. The molecule has 0 aromatic carbocycles. The van der Waals surface area contributed by atoms with Gasteiger partial charge in [-0.05, 0) is 49.4 Å². The Labute approximate surface area is 82.4 Å². The lowest BCUT2D eigenvalue weighted by Gasteiger charge is -2.38. The summed E-state index contributed by atoms with van der Waals surface area (Å²) in [5.74, 6) is 3.79. The first-order valence-electron chi connectivity index (χ1n) is 5.91. The topological polar surface area (TPSA) is 0 Å². The van der Waals surface area contributed by atoms with E-state index in [4.69, 9.17) is 0 Å². The van der Waals surface area contributed by atoms with Gasteiger partial charge in [0.15, 0.2) is 0 Å². The quantitative estimate of drug-likeness (QED) is 0.532. The minimum Gasteiger partial charge on any atom is -0.0996 e. The van der Waals surface area contributed by atoms with Crippen LogP contribution in [0.4, 0.5) is 0 Å². The van der Waals surface area contributed by atoms with Crippen molar-refractivity contribution < 1.29 is 0 Å². The van der Waals surface area contributed by atoms with Crippen LogP contribution in [-0.4, -0.2) is 0 Å². The monoisotopic (exact) mass is 178 g/mol. The highest BCUT2D eigenvalue weighted by Gasteiger charge is 2.40. The van der Waals surface area contributed by atoms with Gasteiger partial charge < -0.3 is 0 Å². The Morgan fingerprint density at radius 2 is 2.08 bits per heavy atom. The number of fused-ring (bicyclic) bond motifs is 1. The van der Waals surface area contributed by atoms with Crippen molar-refractivity contribution in [2.24, 2.45) is 23.7 Å². The lowest BCUT2D eigenvalue weighted by molar-refractivity contribution is 0.142. The summed E-state index contributed by atoms with van der Waals surface area (Å²) in [5, 5.41) is 0. The first-order chi connectivity index (χ1) is 6.24. The van der Waals surface area contributed by atoms with Crippen LogP contribution in [0.15, 0.2) is 12.2 Å². The lowest BCUT2D eigenvalue weighted by Crippen LogP contribution is -2.30. The normalized spacial score (nSPS) is 44.9. The predicted molar refractivity (Wildman–Crippen MR) is 57.5 cm³/mol. The second-order valence-electron chi connectivity index (χ2n) is 5.09. The summed E-state index contributed by atoms with van der Waals surface area (Å²) in [6.07, 6.45) is 7.08. The highest BCUT2D eigenvalue weighted by molar-refractivity contribution is 5.12. The maximum Gasteiger partial charge on any atom is -0.0149 e. The van der Waals surface area contributed by atoms with Crippen molar-refractivity contribution in [3.05, 3.63) is 12.2 Å². The van der Waals surface area contributed by atoms with Gasteiger partial charge in [-0.1, -0.05) is 32.4 Å². The SMILES string of the molecule is C=C1CCC2CCC(CC)C(C)C12. The summed E-state index contributed by atoms with van der Waals surface area (Å²) in [6, 6.07) is 0. The fourth-order valence-electron chi connectivity index (χ4n) is 3.74. The molecular formula is C13H22. The van der Waals surface area contributed by atoms with Crippen molar-refractivity contribution in [2.45, 2.75) is 46.0 Å². The first-order valence-corrected chi connectivity index (χ1v) is 5.91. The summed E-state index contributed by atoms with van der Waals surface area (Å²) < 4.78 is 0. The minimum absolute atomic E-state index is 0.888. The molecule has 0 N–H and O–H groups in total. The molecule has 0 aliphatic heterocycles. The van der Waals surface area contributed by atoms with Gasteiger partial charge in [0.2, 0.25) is 0 Å². The Bertz CT molecular complexity index is 204. The summed E-state index contributed by atoms with van der Waals surface area (Å²) in [6.45, 7) is 9.06. The van der Waals surface area contributed by atoms with Gasteiger partial charge in [0.1, 0.15) is 0 Å². The van der Waals surface area contributed by atoms with Crippen molar-refractivity contribution in [1.29, 1.82) is 0 Å². The molecule has 74 valence electrons. The van der Waals surface area contributed by atoms with E-state index in [0.717, 1.165) is 23.7 Å². The molecule has 2 saturated carbocycles. The van der Waals surface area contributed by atoms with Gasteiger partial charge in [0, 0.05) is 0 Å². The molecule has 0 aromatic heterocycles. The molecule has 13 heavy (non-hydrogen) atoms. The molecular weight excluding hydrogens is 156 g/mol. The molecule has 0 heteroatoms. The standard InChI is InChI=1S/C13H22/c1-4-11-7-8-12-6-5-9(2)13(12)10(11)3/h10-13H,2,4-8H2,1,3H3. The van der Waals surface area contributed by atoms with Gasteiger partial charge in [-0.2, -0.15) is 0 Å². The molecule has 2 aliphatic carbocycles. The molecule has 0 saturated heterocycles. The third-order valence-electron chi connectivity index (χ3n) is 4.56. The fraction of sp³-hybridized carbons (Fsp3) is 0.846. The Kier molecular flexibility index (Phi) is 2.49. The van der Waals surface area contributed by atoms with Crippen molar-refractivity contribution in [3.63, 3.8) is 0 Å². The number of hydrogen-bond donors (Lipinski definition) is 0. The van der Waals surface area contributed by atoms with Gasteiger partial charge >= 0.3 is 0 Å². The number of hydrogen-bond acceptors (Lipinski definition) is 0. The zero-order chi connectivity index (χ0) is 9.42. The third-order valence-corrected chi connectivity index (χ3v) is 4.56. The second kappa shape index (κ2) is 3.48. The van der Waals surface area contributed by atoms with Crippen LogP contribution in [0.25, 0.3) is 0 Å². The van der Waals surface area contributed by atoms with E-state index in [2.05, 4.69) is 20.4 Å². The largest absolute Gasteiger partial charge is 0.0996 e. The highest BCUT2D eigenvalue weighted by atomic mass is 14.4. The van der Waals surface area contributed by atoms with Crippen molar-refractivity contribution in [3.8, 4) is 0 Å². The average Bonchev–Trinajstić information content (AvgIpc) is 2.49. The van der Waals surface area contributed by atoms with Gasteiger partial charge in [0.25, 0.3) is 0 Å². The zero-order valence-corrected chi connectivity index (χ0v) is 9.05. The number of allylic oxidation sites excluding steroid dienone is 1. The molecule has 2 rings (SSSR count). The van der Waals surface area contributed by atoms with Crippen molar-refractivity contribution in [1.82, 2.24) is 0 Å². The summed E-state index contributed by atoms with van der Waals surface area (Å²) in [5.41, 5.74) is 1.57.